The Balaban J connectivity index is 0.00000225. The van der Waals surface area contributed by atoms with E-state index in [1.807, 2.05) is 6.92 Å². The average molecular weight is 393 g/mol. The molecule has 5 atom stereocenters. The van der Waals surface area contributed by atoms with Crippen LogP contribution in [0, 0.1) is 5.92 Å². The molecule has 1 unspecified atom stereocenters. The number of carbonyl (C=O) groups is 2. The minimum absolute atomic E-state index is 0. The monoisotopic (exact) mass is 393 g/mol. The summed E-state index contributed by atoms with van der Waals surface area (Å²) in [6.07, 6.45) is 2.12. The maximum Gasteiger partial charge on any atom is 1.00 e. The molecule has 9 nitrogen and oxygen atoms in total. The average Bonchev–Trinajstić information content (AvgIpc) is 3.10. The van der Waals surface area contributed by atoms with Crippen LogP contribution in [0.15, 0.2) is 17.8 Å². The van der Waals surface area contributed by atoms with Crippen molar-refractivity contribution in [1.82, 2.24) is 19.8 Å². The second-order valence-corrected chi connectivity index (χ2v) is 8.35. The van der Waals surface area contributed by atoms with Gasteiger partial charge in [0.15, 0.2) is 0 Å². The van der Waals surface area contributed by atoms with Gasteiger partial charge in [-0.25, -0.2) is 4.68 Å². The Labute approximate surface area is 174 Å². The quantitative estimate of drug-likeness (QED) is 0.292. The molecule has 0 radical (unpaired) electrons. The van der Waals surface area contributed by atoms with Crippen LogP contribution in [0.2, 0.25) is 0 Å². The first-order valence-corrected chi connectivity index (χ1v) is 9.26. The third kappa shape index (κ3) is 4.06. The maximum absolute atomic E-state index is 12.1. The number of amides is 1. The second kappa shape index (κ2) is 8.40. The summed E-state index contributed by atoms with van der Waals surface area (Å²) in [5, 5.41) is 32.4. The minimum Gasteiger partial charge on any atom is -0.548 e. The van der Waals surface area contributed by atoms with Gasteiger partial charge in [-0.05, 0) is 13.8 Å². The summed E-state index contributed by atoms with van der Waals surface area (Å²) in [5.74, 6) is -1.65. The summed E-state index contributed by atoms with van der Waals surface area (Å²) >= 11 is 2.78. The molecule has 3 heterocycles. The van der Waals surface area contributed by atoms with Crippen LogP contribution < -0.4 is 34.7 Å². The van der Waals surface area contributed by atoms with Crippen molar-refractivity contribution in [3.63, 3.8) is 0 Å². The standard InChI is InChI=1S/C13H17N5O4S2.Na/c1-6(16-17-4-14-15-5-17)3-23-13-9(12(21)22)18-10(20)8(7(2)19)11(18)24-13;/h4-5,7-9,11,13,19H,3H2,1-2H3,(H,21,22);/q;+1/p-1/t7?,8-,9-,11-,13-;/m1./s1. The van der Waals surface area contributed by atoms with Gasteiger partial charge in [0, 0.05) is 11.5 Å². The topological polar surface area (TPSA) is 124 Å². The maximum atomic E-state index is 12.1. The summed E-state index contributed by atoms with van der Waals surface area (Å²) < 4.78 is 1.10. The van der Waals surface area contributed by atoms with E-state index in [-0.39, 0.29) is 45.4 Å². The molecular weight excluding hydrogens is 377 g/mol. The Kier molecular flexibility index (Phi) is 6.96. The molecule has 0 saturated carbocycles. The van der Waals surface area contributed by atoms with Gasteiger partial charge in [-0.1, -0.05) is 0 Å². The molecular formula is C13H16N5NaO4S2. The molecule has 2 fully saturated rings. The molecule has 1 amide bonds. The number of carbonyl (C=O) groups excluding carboxylic acids is 2. The van der Waals surface area contributed by atoms with Crippen molar-refractivity contribution < 1.29 is 49.4 Å². The Morgan fingerprint density at radius 1 is 1.52 bits per heavy atom. The van der Waals surface area contributed by atoms with Crippen molar-refractivity contribution in [3.05, 3.63) is 12.7 Å². The van der Waals surface area contributed by atoms with E-state index in [4.69, 9.17) is 0 Å². The van der Waals surface area contributed by atoms with Crippen LogP contribution in [0.5, 0.6) is 0 Å². The number of aliphatic hydroxyl groups excluding tert-OH is 1. The zero-order chi connectivity index (χ0) is 17.4. The molecule has 0 aromatic carbocycles. The van der Waals surface area contributed by atoms with Crippen molar-refractivity contribution in [1.29, 1.82) is 0 Å². The number of thioether (sulfide) groups is 2. The molecule has 130 valence electrons. The van der Waals surface area contributed by atoms with E-state index in [0.29, 0.717) is 5.75 Å². The van der Waals surface area contributed by atoms with Gasteiger partial charge in [-0.2, -0.15) is 5.10 Å². The van der Waals surface area contributed by atoms with Crippen LogP contribution in [0.25, 0.3) is 0 Å². The SMILES string of the molecule is CC(CS[C@@H]1S[C@@H]2[C@H](C(C)O)C(=O)N2[C@@H]1C(=O)[O-])=Nn1cnnc1.[Na+]. The predicted octanol–water partition coefficient (Wildman–Crippen LogP) is -4.40. The van der Waals surface area contributed by atoms with Crippen LogP contribution in [-0.4, -0.2) is 70.3 Å². The molecule has 2 aliphatic rings. The van der Waals surface area contributed by atoms with Gasteiger partial charge in [0.25, 0.3) is 0 Å². The number of aliphatic carboxylic acids is 1. The van der Waals surface area contributed by atoms with Crippen LogP contribution >= 0.6 is 23.5 Å². The van der Waals surface area contributed by atoms with E-state index in [2.05, 4.69) is 15.3 Å². The number of hydrogen-bond donors (Lipinski definition) is 1. The molecule has 25 heavy (non-hydrogen) atoms. The molecule has 2 saturated heterocycles. The van der Waals surface area contributed by atoms with E-state index in [1.54, 1.807) is 6.92 Å². The van der Waals surface area contributed by atoms with E-state index >= 15 is 0 Å². The second-order valence-electron chi connectivity index (χ2n) is 5.66. The predicted molar refractivity (Wildman–Crippen MR) is 87.0 cm³/mol. The summed E-state index contributed by atoms with van der Waals surface area (Å²) in [5.41, 5.74) is 0.769. The normalized spacial score (nSPS) is 29.6. The first-order valence-electron chi connectivity index (χ1n) is 7.27. The van der Waals surface area contributed by atoms with Gasteiger partial charge in [0.05, 0.1) is 34.0 Å². The zero-order valence-electron chi connectivity index (χ0n) is 14.0. The molecule has 0 bridgehead atoms. The summed E-state index contributed by atoms with van der Waals surface area (Å²) in [6.45, 7) is 3.37. The molecule has 3 rings (SSSR count). The van der Waals surface area contributed by atoms with Crippen LogP contribution in [-0.2, 0) is 9.59 Å². The fourth-order valence-electron chi connectivity index (χ4n) is 2.77. The van der Waals surface area contributed by atoms with E-state index in [9.17, 15) is 19.8 Å². The van der Waals surface area contributed by atoms with Gasteiger partial charge in [-0.3, -0.25) is 4.79 Å². The number of aromatic nitrogens is 3. The largest absolute Gasteiger partial charge is 1.00 e. The molecule has 0 spiro atoms. The van der Waals surface area contributed by atoms with Gasteiger partial charge >= 0.3 is 29.6 Å². The zero-order valence-corrected chi connectivity index (χ0v) is 17.6. The number of rotatable bonds is 6. The first-order chi connectivity index (χ1) is 11.4. The van der Waals surface area contributed by atoms with Gasteiger partial charge in [-0.15, -0.1) is 33.7 Å². The third-order valence-electron chi connectivity index (χ3n) is 3.86. The van der Waals surface area contributed by atoms with Crippen molar-refractivity contribution in [2.45, 2.75) is 35.9 Å². The van der Waals surface area contributed by atoms with Gasteiger partial charge < -0.3 is 19.9 Å². The van der Waals surface area contributed by atoms with Crippen molar-refractivity contribution >= 4 is 41.1 Å². The van der Waals surface area contributed by atoms with E-state index in [1.165, 1.54) is 45.8 Å². The fourth-order valence-corrected chi connectivity index (χ4v) is 6.07. The molecule has 2 aliphatic heterocycles. The number of β-lactam (4-membered cyclic amide) rings is 1. The number of carboxylic acids is 1. The first kappa shape index (κ1) is 20.7. The molecule has 0 aliphatic carbocycles. The molecule has 12 heteroatoms. The number of hydrogen-bond acceptors (Lipinski definition) is 9. The summed E-state index contributed by atoms with van der Waals surface area (Å²) in [4.78, 5) is 24.9. The minimum atomic E-state index is -1.27. The van der Waals surface area contributed by atoms with Crippen molar-refractivity contribution in [3.8, 4) is 0 Å². The third-order valence-corrected chi connectivity index (χ3v) is 7.10. The van der Waals surface area contributed by atoms with Crippen LogP contribution in [0.3, 0.4) is 0 Å². The fraction of sp³-hybridized carbons (Fsp3) is 0.615. The van der Waals surface area contributed by atoms with E-state index < -0.39 is 24.0 Å². The van der Waals surface area contributed by atoms with Crippen LogP contribution in [0.4, 0.5) is 0 Å². The van der Waals surface area contributed by atoms with Crippen molar-refractivity contribution in [2.24, 2.45) is 11.0 Å². The van der Waals surface area contributed by atoms with E-state index in [0.717, 1.165) is 5.71 Å². The smallest absolute Gasteiger partial charge is 0.548 e. The number of nitrogens with zero attached hydrogens (tertiary/aromatic N) is 5. The Bertz CT molecular complexity index is 671. The molecule has 1 aromatic rings. The Hall–Kier alpha value is -0.590. The Morgan fingerprint density at radius 3 is 2.72 bits per heavy atom. The van der Waals surface area contributed by atoms with Gasteiger partial charge in [0.2, 0.25) is 5.91 Å². The number of aliphatic hydroxyl groups is 1. The van der Waals surface area contributed by atoms with Crippen LogP contribution in [0.1, 0.15) is 13.8 Å². The molecule has 1 aromatic heterocycles. The Morgan fingerprint density at radius 2 is 2.16 bits per heavy atom. The van der Waals surface area contributed by atoms with Crippen molar-refractivity contribution in [2.75, 3.05) is 5.75 Å². The number of carboxylic acid groups (broad SMARTS) is 1. The van der Waals surface area contributed by atoms with Gasteiger partial charge in [0.1, 0.15) is 12.7 Å². The summed E-state index contributed by atoms with van der Waals surface area (Å²) in [6, 6.07) is -0.991. The summed E-state index contributed by atoms with van der Waals surface area (Å²) in [7, 11) is 0. The number of fused-ring (bicyclic) bond motifs is 1. The molecule has 1 N–H and O–H groups in total.